The Bertz CT molecular complexity index is 910. The number of thioether (sulfide) groups is 1. The first-order valence-electron chi connectivity index (χ1n) is 8.15. The Hall–Kier alpha value is -2.40. The second-order valence-corrected chi connectivity index (χ2v) is 6.96. The fourth-order valence-corrected chi connectivity index (χ4v) is 3.22. The van der Waals surface area contributed by atoms with Gasteiger partial charge in [-0.3, -0.25) is 0 Å². The summed E-state index contributed by atoms with van der Waals surface area (Å²) >= 11 is 1.50. The van der Waals surface area contributed by atoms with Crippen molar-refractivity contribution in [2.45, 2.75) is 25.9 Å². The van der Waals surface area contributed by atoms with Gasteiger partial charge >= 0.3 is 5.97 Å². The maximum Gasteiger partial charge on any atom is 0.338 e. The molecule has 3 rings (SSSR count). The monoisotopic (exact) mass is 352 g/mol. The number of benzene rings is 2. The summed E-state index contributed by atoms with van der Waals surface area (Å²) in [7, 11) is 0. The van der Waals surface area contributed by atoms with E-state index in [1.165, 1.54) is 22.9 Å². The molecular formula is C20H20N2O2S. The molecular weight excluding hydrogens is 332 g/mol. The van der Waals surface area contributed by atoms with E-state index in [0.29, 0.717) is 23.1 Å². The third-order valence-corrected chi connectivity index (χ3v) is 4.85. The van der Waals surface area contributed by atoms with E-state index >= 15 is 0 Å². The molecule has 3 aromatic rings. The van der Waals surface area contributed by atoms with Crippen molar-refractivity contribution in [2.75, 3.05) is 12.4 Å². The number of aromatic nitrogens is 2. The third-order valence-electron chi connectivity index (χ3n) is 4.04. The number of carbonyl (C=O) groups excluding carboxylic acids is 1. The van der Waals surface area contributed by atoms with Gasteiger partial charge in [-0.15, -0.1) is 0 Å². The van der Waals surface area contributed by atoms with E-state index < -0.39 is 0 Å². The van der Waals surface area contributed by atoms with Crippen molar-refractivity contribution in [3.8, 4) is 0 Å². The molecule has 0 aliphatic rings. The van der Waals surface area contributed by atoms with Crippen LogP contribution in [0.5, 0.6) is 0 Å². The summed E-state index contributed by atoms with van der Waals surface area (Å²) in [6, 6.07) is 13.2. The molecule has 128 valence electrons. The zero-order valence-electron chi connectivity index (χ0n) is 14.6. The molecule has 2 aromatic carbocycles. The van der Waals surface area contributed by atoms with Gasteiger partial charge < -0.3 is 4.74 Å². The van der Waals surface area contributed by atoms with Crippen molar-refractivity contribution in [1.29, 1.82) is 0 Å². The van der Waals surface area contributed by atoms with E-state index in [2.05, 4.69) is 35.9 Å². The lowest BCUT2D eigenvalue weighted by Crippen LogP contribution is -2.08. The molecule has 0 fully saturated rings. The third kappa shape index (κ3) is 4.17. The van der Waals surface area contributed by atoms with Gasteiger partial charge in [-0.2, -0.15) is 0 Å². The molecule has 0 saturated heterocycles. The molecule has 1 heterocycles. The van der Waals surface area contributed by atoms with Gasteiger partial charge in [-0.25, -0.2) is 14.8 Å². The van der Waals surface area contributed by atoms with Crippen molar-refractivity contribution in [3.63, 3.8) is 0 Å². The number of hydrogen-bond donors (Lipinski definition) is 0. The summed E-state index contributed by atoms with van der Waals surface area (Å²) < 4.78 is 5.29. The number of esters is 1. The summed E-state index contributed by atoms with van der Waals surface area (Å²) in [4.78, 5) is 21.1. The number of rotatable bonds is 5. The van der Waals surface area contributed by atoms with Crippen LogP contribution in [0.4, 0.5) is 0 Å². The van der Waals surface area contributed by atoms with Gasteiger partial charge in [-0.1, -0.05) is 30.0 Å². The van der Waals surface area contributed by atoms with Crippen LogP contribution in [-0.4, -0.2) is 28.3 Å². The maximum atomic E-state index is 11.9. The molecule has 0 bridgehead atoms. The van der Waals surface area contributed by atoms with Crippen LogP contribution in [0.2, 0.25) is 0 Å². The summed E-state index contributed by atoms with van der Waals surface area (Å²) in [6.07, 6.45) is 0. The first-order chi connectivity index (χ1) is 12.0. The van der Waals surface area contributed by atoms with E-state index in [0.717, 1.165) is 16.6 Å². The Kier molecular flexibility index (Phi) is 5.34. The molecule has 25 heavy (non-hydrogen) atoms. The minimum Gasteiger partial charge on any atom is -0.461 e. The van der Waals surface area contributed by atoms with Gasteiger partial charge in [0.25, 0.3) is 0 Å². The van der Waals surface area contributed by atoms with Crippen molar-refractivity contribution < 1.29 is 9.53 Å². The number of aryl methyl sites for hydroxylation is 3. The predicted molar refractivity (Wildman–Crippen MR) is 101 cm³/mol. The van der Waals surface area contributed by atoms with Crippen LogP contribution in [-0.2, 0) is 4.74 Å². The molecule has 0 radical (unpaired) electrons. The molecule has 0 spiro atoms. The summed E-state index contributed by atoms with van der Waals surface area (Å²) in [6.45, 7) is 6.50. The fraction of sp³-hybridized carbons (Fsp3) is 0.250. The van der Waals surface area contributed by atoms with Crippen LogP contribution in [0.25, 0.3) is 10.9 Å². The number of fused-ring (bicyclic) bond motifs is 1. The topological polar surface area (TPSA) is 52.1 Å². The highest BCUT2D eigenvalue weighted by Crippen LogP contribution is 2.23. The normalized spacial score (nSPS) is 10.8. The largest absolute Gasteiger partial charge is 0.461 e. The first kappa shape index (κ1) is 17.4. The second kappa shape index (κ2) is 7.66. The minimum atomic E-state index is -0.303. The van der Waals surface area contributed by atoms with Gasteiger partial charge in [0.1, 0.15) is 6.61 Å². The average molecular weight is 352 g/mol. The zero-order valence-corrected chi connectivity index (χ0v) is 15.4. The molecule has 1 aromatic heterocycles. The molecule has 0 atom stereocenters. The number of ether oxygens (including phenoxy) is 1. The van der Waals surface area contributed by atoms with E-state index in [1.54, 1.807) is 12.1 Å². The Balaban J connectivity index is 1.62. The number of nitrogens with zero attached hydrogens (tertiary/aromatic N) is 2. The Morgan fingerprint density at radius 3 is 2.52 bits per heavy atom. The van der Waals surface area contributed by atoms with Crippen molar-refractivity contribution in [1.82, 2.24) is 9.97 Å². The Labute approximate surface area is 151 Å². The van der Waals surface area contributed by atoms with Crippen LogP contribution in [0.15, 0.2) is 47.6 Å². The van der Waals surface area contributed by atoms with Gasteiger partial charge in [0.2, 0.25) is 0 Å². The van der Waals surface area contributed by atoms with E-state index in [-0.39, 0.29) is 5.97 Å². The van der Waals surface area contributed by atoms with E-state index in [9.17, 15) is 4.79 Å². The molecule has 0 unspecified atom stereocenters. The van der Waals surface area contributed by atoms with Crippen LogP contribution >= 0.6 is 11.8 Å². The fourth-order valence-electron chi connectivity index (χ4n) is 2.50. The van der Waals surface area contributed by atoms with Crippen LogP contribution in [0, 0.1) is 20.8 Å². The van der Waals surface area contributed by atoms with Gasteiger partial charge in [0.15, 0.2) is 5.16 Å². The molecule has 0 N–H and O–H groups in total. The van der Waals surface area contributed by atoms with Gasteiger partial charge in [-0.05, 0) is 56.2 Å². The number of hydrogen-bond acceptors (Lipinski definition) is 5. The Morgan fingerprint density at radius 2 is 1.76 bits per heavy atom. The minimum absolute atomic E-state index is 0.303. The lowest BCUT2D eigenvalue weighted by molar-refractivity contribution is 0.0530. The van der Waals surface area contributed by atoms with Crippen LogP contribution in [0.3, 0.4) is 0 Å². The Morgan fingerprint density at radius 1 is 1.04 bits per heavy atom. The average Bonchev–Trinajstić information content (AvgIpc) is 2.61. The highest BCUT2D eigenvalue weighted by atomic mass is 32.2. The van der Waals surface area contributed by atoms with E-state index in [4.69, 9.17) is 4.74 Å². The van der Waals surface area contributed by atoms with Crippen molar-refractivity contribution in [3.05, 3.63) is 64.8 Å². The van der Waals surface area contributed by atoms with Gasteiger partial charge in [0, 0.05) is 16.8 Å². The lowest BCUT2D eigenvalue weighted by Gasteiger charge is -2.08. The molecule has 0 aliphatic heterocycles. The van der Waals surface area contributed by atoms with E-state index in [1.807, 2.05) is 25.1 Å². The smallest absolute Gasteiger partial charge is 0.338 e. The molecule has 0 amide bonds. The molecule has 5 heteroatoms. The first-order valence-corrected chi connectivity index (χ1v) is 9.14. The quantitative estimate of drug-likeness (QED) is 0.293. The summed E-state index contributed by atoms with van der Waals surface area (Å²) in [5, 5.41) is 1.80. The lowest BCUT2D eigenvalue weighted by atomic mass is 10.1. The van der Waals surface area contributed by atoms with Gasteiger partial charge in [0.05, 0.1) is 11.1 Å². The summed E-state index contributed by atoms with van der Waals surface area (Å²) in [5.74, 6) is 0.317. The predicted octanol–water partition coefficient (Wildman–Crippen LogP) is 4.50. The number of carbonyl (C=O) groups is 1. The summed E-state index contributed by atoms with van der Waals surface area (Å²) in [5.41, 5.74) is 4.96. The standard InChI is InChI=1S/C20H20N2O2S/c1-13-11-17-15(3)21-20(22-18(17)12-14(13)2)25-10-9-24-19(23)16-7-5-4-6-8-16/h4-8,11-12H,9-10H2,1-3H3. The highest BCUT2D eigenvalue weighted by molar-refractivity contribution is 7.99. The molecule has 0 aliphatic carbocycles. The molecule has 4 nitrogen and oxygen atoms in total. The zero-order chi connectivity index (χ0) is 17.8. The van der Waals surface area contributed by atoms with Crippen LogP contribution in [0.1, 0.15) is 27.2 Å². The van der Waals surface area contributed by atoms with Crippen LogP contribution < -0.4 is 0 Å². The highest BCUT2D eigenvalue weighted by Gasteiger charge is 2.09. The molecule has 0 saturated carbocycles. The van der Waals surface area contributed by atoms with Crippen molar-refractivity contribution >= 4 is 28.6 Å². The SMILES string of the molecule is Cc1cc2nc(SCCOC(=O)c3ccccc3)nc(C)c2cc1C. The van der Waals surface area contributed by atoms with Crippen molar-refractivity contribution in [2.24, 2.45) is 0 Å². The second-order valence-electron chi connectivity index (χ2n) is 5.90. The maximum absolute atomic E-state index is 11.9.